The number of carbonyl (C=O) groups is 2. The number of oxazole rings is 1. The zero-order valence-corrected chi connectivity index (χ0v) is 15.4. The van der Waals surface area contributed by atoms with E-state index in [0.29, 0.717) is 17.3 Å². The van der Waals surface area contributed by atoms with Crippen LogP contribution >= 0.6 is 0 Å². The van der Waals surface area contributed by atoms with Crippen LogP contribution in [0.4, 0.5) is 5.69 Å². The maximum absolute atomic E-state index is 12.4. The lowest BCUT2D eigenvalue weighted by molar-refractivity contribution is -0.123. The van der Waals surface area contributed by atoms with Crippen molar-refractivity contribution in [3.05, 3.63) is 71.6 Å². The maximum Gasteiger partial charge on any atom is 0.361 e. The Balaban J connectivity index is 1.67. The van der Waals surface area contributed by atoms with Crippen LogP contribution in [0.2, 0.25) is 0 Å². The molecule has 0 aliphatic carbocycles. The quantitative estimate of drug-likeness (QED) is 0.688. The van der Waals surface area contributed by atoms with Gasteiger partial charge in [0.15, 0.2) is 11.8 Å². The summed E-state index contributed by atoms with van der Waals surface area (Å²) in [6.45, 7) is 5.10. The highest BCUT2D eigenvalue weighted by atomic mass is 16.5. The number of amides is 1. The van der Waals surface area contributed by atoms with Crippen molar-refractivity contribution in [2.75, 3.05) is 5.32 Å². The van der Waals surface area contributed by atoms with E-state index in [1.54, 1.807) is 19.1 Å². The first-order valence-electron chi connectivity index (χ1n) is 8.55. The third-order valence-electron chi connectivity index (χ3n) is 3.98. The SMILES string of the molecule is Cc1ccc(NC(=O)[C@H](C)OC(=O)c2nc(-c3ccccc3)oc2C)cc1. The smallest absolute Gasteiger partial charge is 0.361 e. The van der Waals surface area contributed by atoms with Crippen LogP contribution in [-0.2, 0) is 9.53 Å². The van der Waals surface area contributed by atoms with Gasteiger partial charge in [-0.05, 0) is 45.0 Å². The van der Waals surface area contributed by atoms with Crippen molar-refractivity contribution in [3.63, 3.8) is 0 Å². The van der Waals surface area contributed by atoms with E-state index < -0.39 is 18.0 Å². The van der Waals surface area contributed by atoms with Gasteiger partial charge in [-0.25, -0.2) is 9.78 Å². The first kappa shape index (κ1) is 18.4. The minimum absolute atomic E-state index is 0.0591. The number of benzene rings is 2. The Bertz CT molecular complexity index is 946. The summed E-state index contributed by atoms with van der Waals surface area (Å²) < 4.78 is 10.8. The molecule has 0 spiro atoms. The molecule has 0 fully saturated rings. The molecule has 3 aromatic rings. The molecule has 1 atom stereocenters. The Labute approximate surface area is 157 Å². The third-order valence-corrected chi connectivity index (χ3v) is 3.98. The molecule has 1 amide bonds. The Morgan fingerprint density at radius 2 is 1.70 bits per heavy atom. The van der Waals surface area contributed by atoms with E-state index in [1.807, 2.05) is 49.4 Å². The second-order valence-corrected chi connectivity index (χ2v) is 6.19. The van der Waals surface area contributed by atoms with Gasteiger partial charge in [-0.1, -0.05) is 35.9 Å². The molecule has 0 aliphatic heterocycles. The van der Waals surface area contributed by atoms with Crippen molar-refractivity contribution >= 4 is 17.6 Å². The average Bonchev–Trinajstić information content (AvgIpc) is 3.06. The molecule has 1 aromatic heterocycles. The predicted molar refractivity (Wildman–Crippen MR) is 101 cm³/mol. The molecule has 0 unspecified atom stereocenters. The number of nitrogens with one attached hydrogen (secondary N) is 1. The monoisotopic (exact) mass is 364 g/mol. The summed E-state index contributed by atoms with van der Waals surface area (Å²) in [5.41, 5.74) is 2.54. The molecule has 2 aromatic carbocycles. The Morgan fingerprint density at radius 1 is 1.04 bits per heavy atom. The van der Waals surface area contributed by atoms with E-state index in [-0.39, 0.29) is 5.69 Å². The zero-order chi connectivity index (χ0) is 19.4. The molecule has 1 heterocycles. The first-order chi connectivity index (χ1) is 12.9. The van der Waals surface area contributed by atoms with Crippen LogP contribution < -0.4 is 5.32 Å². The molecule has 6 heteroatoms. The molecule has 0 saturated heterocycles. The van der Waals surface area contributed by atoms with Crippen molar-refractivity contribution in [1.82, 2.24) is 4.98 Å². The summed E-state index contributed by atoms with van der Waals surface area (Å²) in [6, 6.07) is 16.6. The lowest BCUT2D eigenvalue weighted by Gasteiger charge is -2.13. The number of nitrogens with zero attached hydrogens (tertiary/aromatic N) is 1. The fraction of sp³-hybridized carbons (Fsp3) is 0.190. The summed E-state index contributed by atoms with van der Waals surface area (Å²) in [4.78, 5) is 28.9. The van der Waals surface area contributed by atoms with Gasteiger partial charge in [-0.3, -0.25) is 4.79 Å². The molecule has 0 radical (unpaired) electrons. The maximum atomic E-state index is 12.4. The minimum Gasteiger partial charge on any atom is -0.448 e. The van der Waals surface area contributed by atoms with Crippen molar-refractivity contribution in [3.8, 4) is 11.5 Å². The number of aromatic nitrogens is 1. The van der Waals surface area contributed by atoms with E-state index in [1.165, 1.54) is 6.92 Å². The second-order valence-electron chi connectivity index (χ2n) is 6.19. The summed E-state index contributed by atoms with van der Waals surface area (Å²) in [7, 11) is 0. The van der Waals surface area contributed by atoms with Gasteiger partial charge in [0.2, 0.25) is 5.89 Å². The predicted octanol–water partition coefficient (Wildman–Crippen LogP) is 4.14. The summed E-state index contributed by atoms with van der Waals surface area (Å²) in [5.74, 6) is -0.455. The summed E-state index contributed by atoms with van der Waals surface area (Å²) >= 11 is 0. The van der Waals surface area contributed by atoms with Crippen LogP contribution in [0.1, 0.15) is 28.7 Å². The number of hydrogen-bond donors (Lipinski definition) is 1. The molecular formula is C21H20N2O4. The Hall–Kier alpha value is -3.41. The zero-order valence-electron chi connectivity index (χ0n) is 15.4. The molecule has 0 saturated carbocycles. The van der Waals surface area contributed by atoms with E-state index >= 15 is 0 Å². The highest BCUT2D eigenvalue weighted by Gasteiger charge is 2.24. The van der Waals surface area contributed by atoms with Gasteiger partial charge in [0.25, 0.3) is 5.91 Å². The van der Waals surface area contributed by atoms with E-state index in [2.05, 4.69) is 10.3 Å². The Morgan fingerprint density at radius 3 is 2.37 bits per heavy atom. The van der Waals surface area contributed by atoms with Crippen LogP contribution in [0.25, 0.3) is 11.5 Å². The van der Waals surface area contributed by atoms with Crippen LogP contribution in [0.5, 0.6) is 0 Å². The number of anilines is 1. The number of esters is 1. The third kappa shape index (κ3) is 4.41. The van der Waals surface area contributed by atoms with E-state index in [0.717, 1.165) is 11.1 Å². The molecule has 3 rings (SSSR count). The molecule has 138 valence electrons. The summed E-state index contributed by atoms with van der Waals surface area (Å²) in [5, 5.41) is 2.71. The van der Waals surface area contributed by atoms with Gasteiger partial charge in [-0.15, -0.1) is 0 Å². The van der Waals surface area contributed by atoms with Gasteiger partial charge in [0.1, 0.15) is 5.76 Å². The highest BCUT2D eigenvalue weighted by molar-refractivity contribution is 5.97. The minimum atomic E-state index is -0.977. The standard InChI is InChI=1S/C21H20N2O4/c1-13-9-11-17(12-10-13)22-19(24)15(3)27-21(25)18-14(2)26-20(23-18)16-7-5-4-6-8-16/h4-12,15H,1-3H3,(H,22,24)/t15-/m0/s1. The van der Waals surface area contributed by atoms with E-state index in [9.17, 15) is 9.59 Å². The topological polar surface area (TPSA) is 81.4 Å². The van der Waals surface area contributed by atoms with Crippen molar-refractivity contribution in [2.45, 2.75) is 26.9 Å². The number of aryl methyl sites for hydroxylation is 2. The van der Waals surface area contributed by atoms with Crippen molar-refractivity contribution < 1.29 is 18.7 Å². The van der Waals surface area contributed by atoms with Gasteiger partial charge in [0, 0.05) is 11.3 Å². The highest BCUT2D eigenvalue weighted by Crippen LogP contribution is 2.22. The van der Waals surface area contributed by atoms with Crippen molar-refractivity contribution in [2.24, 2.45) is 0 Å². The lowest BCUT2D eigenvalue weighted by Crippen LogP contribution is -2.30. The number of ether oxygens (including phenoxy) is 1. The summed E-state index contributed by atoms with van der Waals surface area (Å²) in [6.07, 6.45) is -0.977. The van der Waals surface area contributed by atoms with Gasteiger partial charge < -0.3 is 14.5 Å². The van der Waals surface area contributed by atoms with Crippen molar-refractivity contribution in [1.29, 1.82) is 0 Å². The van der Waals surface area contributed by atoms with Crippen LogP contribution in [0.15, 0.2) is 59.0 Å². The largest absolute Gasteiger partial charge is 0.448 e. The van der Waals surface area contributed by atoms with Crippen LogP contribution in [0, 0.1) is 13.8 Å². The van der Waals surface area contributed by atoms with E-state index in [4.69, 9.17) is 9.15 Å². The van der Waals surface area contributed by atoms with Gasteiger partial charge >= 0.3 is 5.97 Å². The number of carbonyl (C=O) groups excluding carboxylic acids is 2. The number of rotatable bonds is 5. The normalized spacial score (nSPS) is 11.7. The second kappa shape index (κ2) is 7.86. The van der Waals surface area contributed by atoms with Crippen LogP contribution in [0.3, 0.4) is 0 Å². The fourth-order valence-corrected chi connectivity index (χ4v) is 2.44. The first-order valence-corrected chi connectivity index (χ1v) is 8.55. The molecular weight excluding hydrogens is 344 g/mol. The fourth-order valence-electron chi connectivity index (χ4n) is 2.44. The average molecular weight is 364 g/mol. The molecule has 6 nitrogen and oxygen atoms in total. The molecule has 1 N–H and O–H groups in total. The molecule has 0 aliphatic rings. The number of hydrogen-bond acceptors (Lipinski definition) is 5. The molecule has 27 heavy (non-hydrogen) atoms. The van der Waals surface area contributed by atoms with Crippen LogP contribution in [-0.4, -0.2) is 23.0 Å². The lowest BCUT2D eigenvalue weighted by atomic mass is 10.2. The van der Waals surface area contributed by atoms with Gasteiger partial charge in [-0.2, -0.15) is 0 Å². The Kier molecular flexibility index (Phi) is 5.35. The molecule has 0 bridgehead atoms. The van der Waals surface area contributed by atoms with Gasteiger partial charge in [0.05, 0.1) is 0 Å².